The first kappa shape index (κ1) is 9.22. The molecule has 0 heterocycles. The zero-order valence-corrected chi connectivity index (χ0v) is 8.70. The molecule has 2 rings (SSSR count). The first-order valence-electron chi connectivity index (χ1n) is 4.89. The van der Waals surface area contributed by atoms with E-state index in [-0.39, 0.29) is 0 Å². The molecule has 71 valence electrons. The Morgan fingerprint density at radius 1 is 0.929 bits per heavy atom. The molecule has 1 heteroatoms. The van der Waals surface area contributed by atoms with E-state index in [0.29, 0.717) is 0 Å². The van der Waals surface area contributed by atoms with Gasteiger partial charge in [0.1, 0.15) is 20.6 Å². The molecule has 0 aromatic heterocycles. The van der Waals surface area contributed by atoms with Gasteiger partial charge in [-0.05, 0) is 10.8 Å². The van der Waals surface area contributed by atoms with Crippen LogP contribution in [0.3, 0.4) is 0 Å². The van der Waals surface area contributed by atoms with E-state index >= 15 is 0 Å². The van der Waals surface area contributed by atoms with Crippen molar-refractivity contribution in [2.24, 2.45) is 0 Å². The fraction of sp³-hybridized carbons (Fsp3) is 0.231. The number of nitrogens with zero attached hydrogens (tertiary/aromatic N) is 1. The van der Waals surface area contributed by atoms with E-state index in [0.717, 1.165) is 6.54 Å². The van der Waals surface area contributed by atoms with E-state index in [9.17, 15) is 0 Å². The summed E-state index contributed by atoms with van der Waals surface area (Å²) in [6.45, 7) is 1.00. The van der Waals surface area contributed by atoms with Crippen molar-refractivity contribution in [2.45, 2.75) is 6.54 Å². The Bertz CT molecular complexity index is 427. The molecule has 0 aliphatic carbocycles. The van der Waals surface area contributed by atoms with Crippen molar-refractivity contribution in [3.63, 3.8) is 0 Å². The number of fused-ring (bicyclic) bond motifs is 1. The van der Waals surface area contributed by atoms with E-state index in [4.69, 9.17) is 0 Å². The van der Waals surface area contributed by atoms with Crippen molar-refractivity contribution in [3.05, 3.63) is 48.0 Å². The van der Waals surface area contributed by atoms with Crippen LogP contribution in [0.25, 0.3) is 10.8 Å². The van der Waals surface area contributed by atoms with Crippen LogP contribution < -0.4 is 4.90 Å². The molecule has 2 aromatic carbocycles. The van der Waals surface area contributed by atoms with Crippen LogP contribution in [0.4, 0.5) is 0 Å². The van der Waals surface area contributed by atoms with Crippen molar-refractivity contribution >= 4 is 10.8 Å². The molecular weight excluding hydrogens is 170 g/mol. The summed E-state index contributed by atoms with van der Waals surface area (Å²) < 4.78 is 0. The minimum absolute atomic E-state index is 1.00. The number of benzene rings is 2. The Labute approximate surface area is 85.0 Å². The zero-order valence-electron chi connectivity index (χ0n) is 8.70. The van der Waals surface area contributed by atoms with Crippen LogP contribution in [0, 0.1) is 0 Å². The SMILES string of the molecule is C[N+](C)Cc1cccc2ccccc12. The van der Waals surface area contributed by atoms with Gasteiger partial charge in [0, 0.05) is 5.56 Å². The van der Waals surface area contributed by atoms with E-state index in [1.807, 2.05) is 0 Å². The van der Waals surface area contributed by atoms with Gasteiger partial charge in [0.25, 0.3) is 0 Å². The summed E-state index contributed by atoms with van der Waals surface area (Å²) in [4.78, 5) is 2.20. The van der Waals surface area contributed by atoms with Crippen molar-refractivity contribution in [3.8, 4) is 0 Å². The third kappa shape index (κ3) is 1.78. The van der Waals surface area contributed by atoms with Crippen molar-refractivity contribution < 1.29 is 0 Å². The van der Waals surface area contributed by atoms with Crippen LogP contribution in [-0.4, -0.2) is 14.1 Å². The van der Waals surface area contributed by atoms with Crippen LogP contribution in [-0.2, 0) is 6.54 Å². The second-order valence-corrected chi connectivity index (χ2v) is 3.88. The van der Waals surface area contributed by atoms with Gasteiger partial charge in [0.2, 0.25) is 0 Å². The lowest BCUT2D eigenvalue weighted by atomic mass is 10.0. The van der Waals surface area contributed by atoms with Crippen molar-refractivity contribution in [2.75, 3.05) is 14.1 Å². The van der Waals surface area contributed by atoms with Gasteiger partial charge >= 0.3 is 0 Å². The minimum atomic E-state index is 1.00. The minimum Gasteiger partial charge on any atom is -0.171 e. The predicted molar refractivity (Wildman–Crippen MR) is 61.6 cm³/mol. The molecule has 0 bridgehead atoms. The Balaban J connectivity index is 2.53. The summed E-state index contributed by atoms with van der Waals surface area (Å²) in [5.74, 6) is 0. The number of hydrogen-bond acceptors (Lipinski definition) is 1. The van der Waals surface area contributed by atoms with E-state index < -0.39 is 0 Å². The molecule has 0 unspecified atom stereocenters. The van der Waals surface area contributed by atoms with Gasteiger partial charge < -0.3 is 0 Å². The van der Waals surface area contributed by atoms with Gasteiger partial charge in [-0.3, -0.25) is 0 Å². The summed E-state index contributed by atoms with van der Waals surface area (Å²) >= 11 is 0. The van der Waals surface area contributed by atoms with Gasteiger partial charge in [-0.25, -0.2) is 0 Å². The van der Waals surface area contributed by atoms with Gasteiger partial charge in [-0.1, -0.05) is 42.5 Å². The molecule has 0 saturated carbocycles. The quantitative estimate of drug-likeness (QED) is 0.634. The summed E-state index contributed by atoms with van der Waals surface area (Å²) in [5.41, 5.74) is 1.40. The molecule has 1 nitrogen and oxygen atoms in total. The summed E-state index contributed by atoms with van der Waals surface area (Å²) in [6.07, 6.45) is 0. The van der Waals surface area contributed by atoms with Crippen LogP contribution >= 0.6 is 0 Å². The van der Waals surface area contributed by atoms with E-state index in [2.05, 4.69) is 61.5 Å². The monoisotopic (exact) mass is 185 g/mol. The van der Waals surface area contributed by atoms with Crippen LogP contribution in [0.2, 0.25) is 0 Å². The average Bonchev–Trinajstić information content (AvgIpc) is 2.18. The van der Waals surface area contributed by atoms with Crippen molar-refractivity contribution in [1.29, 1.82) is 0 Å². The van der Waals surface area contributed by atoms with Gasteiger partial charge in [0.15, 0.2) is 0 Å². The highest BCUT2D eigenvalue weighted by Crippen LogP contribution is 2.18. The second kappa shape index (κ2) is 3.81. The Morgan fingerprint density at radius 3 is 2.43 bits per heavy atom. The highest BCUT2D eigenvalue weighted by atomic mass is 15.0. The fourth-order valence-corrected chi connectivity index (χ4v) is 1.77. The standard InChI is InChI=1S/C13H15N/c1-14(2)10-12-8-5-7-11-6-3-4-9-13(11)12/h3-9H,10H2,1-2H3/q+1. The molecule has 1 radical (unpaired) electrons. The molecule has 0 N–H and O–H groups in total. The highest BCUT2D eigenvalue weighted by Gasteiger charge is 2.05. The maximum atomic E-state index is 2.20. The Hall–Kier alpha value is -1.34. The smallest absolute Gasteiger partial charge is 0.148 e. The van der Waals surface area contributed by atoms with Crippen LogP contribution in [0.5, 0.6) is 0 Å². The van der Waals surface area contributed by atoms with Crippen LogP contribution in [0.1, 0.15) is 5.56 Å². The van der Waals surface area contributed by atoms with Gasteiger partial charge in [0.05, 0.1) is 0 Å². The lowest BCUT2D eigenvalue weighted by molar-refractivity contribution is 0.564. The molecular formula is C13H15N+. The Kier molecular flexibility index (Phi) is 2.51. The number of hydrogen-bond donors (Lipinski definition) is 0. The highest BCUT2D eigenvalue weighted by molar-refractivity contribution is 5.85. The van der Waals surface area contributed by atoms with E-state index in [1.54, 1.807) is 0 Å². The normalized spacial score (nSPS) is 11.1. The largest absolute Gasteiger partial charge is 0.171 e. The molecule has 2 aromatic rings. The Morgan fingerprint density at radius 2 is 1.64 bits per heavy atom. The topological polar surface area (TPSA) is 5.90 Å². The summed E-state index contributed by atoms with van der Waals surface area (Å²) in [7, 11) is 4.20. The first-order chi connectivity index (χ1) is 6.77. The molecule has 0 fully saturated rings. The predicted octanol–water partition coefficient (Wildman–Crippen LogP) is 2.74. The average molecular weight is 185 g/mol. The first-order valence-corrected chi connectivity index (χ1v) is 4.89. The molecule has 0 aliphatic rings. The maximum absolute atomic E-state index is 2.20. The number of rotatable bonds is 2. The molecule has 0 saturated heterocycles. The van der Waals surface area contributed by atoms with Crippen molar-refractivity contribution in [1.82, 2.24) is 4.90 Å². The molecule has 14 heavy (non-hydrogen) atoms. The fourth-order valence-electron chi connectivity index (χ4n) is 1.77. The molecule has 0 atom stereocenters. The van der Waals surface area contributed by atoms with Gasteiger partial charge in [-0.15, -0.1) is 0 Å². The lowest BCUT2D eigenvalue weighted by Gasteiger charge is -2.05. The van der Waals surface area contributed by atoms with Crippen LogP contribution in [0.15, 0.2) is 42.5 Å². The second-order valence-electron chi connectivity index (χ2n) is 3.88. The molecule has 0 amide bonds. The summed E-state index contributed by atoms with van der Waals surface area (Å²) in [6, 6.07) is 15.0. The lowest BCUT2D eigenvalue weighted by Crippen LogP contribution is -2.17. The maximum Gasteiger partial charge on any atom is 0.148 e. The third-order valence-corrected chi connectivity index (χ3v) is 2.37. The molecule has 0 aliphatic heterocycles. The molecule has 0 spiro atoms. The third-order valence-electron chi connectivity index (χ3n) is 2.37. The summed E-state index contributed by atoms with van der Waals surface area (Å²) in [5, 5.41) is 2.69. The zero-order chi connectivity index (χ0) is 9.97. The van der Waals surface area contributed by atoms with E-state index in [1.165, 1.54) is 16.3 Å². The van der Waals surface area contributed by atoms with Gasteiger partial charge in [-0.2, -0.15) is 4.90 Å².